The average molecular weight is 306 g/mol. The number of carbonyl (C=O) groups is 1. The van der Waals surface area contributed by atoms with Crippen LogP contribution >= 0.6 is 24.8 Å². The minimum Gasteiger partial charge on any atom is -0.397 e. The minimum absolute atomic E-state index is 0. The van der Waals surface area contributed by atoms with Crippen molar-refractivity contribution in [2.75, 3.05) is 31.2 Å². The summed E-state index contributed by atoms with van der Waals surface area (Å²) in [5.74, 6) is 0.210. The van der Waals surface area contributed by atoms with Gasteiger partial charge >= 0.3 is 0 Å². The molecule has 1 aromatic carbocycles. The Hall–Kier alpha value is -0.970. The highest BCUT2D eigenvalue weighted by Gasteiger charge is 2.23. The van der Waals surface area contributed by atoms with Gasteiger partial charge in [0.05, 0.1) is 11.4 Å². The first-order valence-electron chi connectivity index (χ1n) is 6.00. The number of para-hydroxylation sites is 2. The van der Waals surface area contributed by atoms with Gasteiger partial charge in [0.15, 0.2) is 0 Å². The number of carbonyl (C=O) groups excluding carboxylic acids is 1. The van der Waals surface area contributed by atoms with E-state index in [0.717, 1.165) is 31.6 Å². The van der Waals surface area contributed by atoms with Crippen LogP contribution < -0.4 is 11.1 Å². The van der Waals surface area contributed by atoms with Crippen molar-refractivity contribution in [2.45, 2.75) is 12.8 Å². The number of nitrogens with one attached hydrogen (secondary N) is 1. The largest absolute Gasteiger partial charge is 0.397 e. The molecule has 3 N–H and O–H groups in total. The van der Waals surface area contributed by atoms with E-state index in [1.165, 1.54) is 0 Å². The monoisotopic (exact) mass is 305 g/mol. The fourth-order valence-electron chi connectivity index (χ4n) is 2.12. The Balaban J connectivity index is 0.00000162. The summed E-state index contributed by atoms with van der Waals surface area (Å²) in [6.45, 7) is 1.98. The van der Waals surface area contributed by atoms with E-state index in [1.54, 1.807) is 6.07 Å². The van der Waals surface area contributed by atoms with Crippen LogP contribution in [0.5, 0.6) is 0 Å². The normalized spacial score (nSPS) is 16.1. The van der Waals surface area contributed by atoms with Gasteiger partial charge in [-0.1, -0.05) is 12.1 Å². The first-order chi connectivity index (χ1) is 8.16. The molecule has 0 unspecified atom stereocenters. The van der Waals surface area contributed by atoms with Gasteiger partial charge in [-0.2, -0.15) is 0 Å². The molecule has 0 bridgehead atoms. The van der Waals surface area contributed by atoms with E-state index < -0.39 is 0 Å². The molecule has 0 aromatic heterocycles. The smallest absolute Gasteiger partial charge is 0.227 e. The number of anilines is 2. The molecule has 0 spiro atoms. The van der Waals surface area contributed by atoms with E-state index in [0.29, 0.717) is 5.69 Å². The molecule has 1 aromatic rings. The third kappa shape index (κ3) is 4.90. The number of piperidine rings is 1. The molecule has 1 aliphatic heterocycles. The van der Waals surface area contributed by atoms with Gasteiger partial charge in [0.25, 0.3) is 0 Å². The lowest BCUT2D eigenvalue weighted by molar-refractivity contribution is -0.121. The minimum atomic E-state index is 0. The average Bonchev–Trinajstić information content (AvgIpc) is 2.33. The molecular formula is C13H21Cl2N3O. The molecule has 6 heteroatoms. The fraction of sp³-hybridized carbons (Fsp3) is 0.462. The van der Waals surface area contributed by atoms with Crippen molar-refractivity contribution in [3.05, 3.63) is 24.3 Å². The van der Waals surface area contributed by atoms with E-state index in [9.17, 15) is 4.79 Å². The number of likely N-dealkylation sites (tertiary alicyclic amines) is 1. The van der Waals surface area contributed by atoms with Gasteiger partial charge in [0, 0.05) is 5.92 Å². The second-order valence-electron chi connectivity index (χ2n) is 4.65. The lowest BCUT2D eigenvalue weighted by Crippen LogP contribution is -2.36. The Morgan fingerprint density at radius 1 is 1.26 bits per heavy atom. The number of benzene rings is 1. The highest BCUT2D eigenvalue weighted by atomic mass is 35.5. The lowest BCUT2D eigenvalue weighted by atomic mass is 9.96. The van der Waals surface area contributed by atoms with Crippen LogP contribution in [0.2, 0.25) is 0 Å². The molecule has 0 saturated carbocycles. The Morgan fingerprint density at radius 2 is 1.84 bits per heavy atom. The zero-order valence-electron chi connectivity index (χ0n) is 11.0. The molecule has 1 amide bonds. The summed E-state index contributed by atoms with van der Waals surface area (Å²) in [4.78, 5) is 14.3. The molecule has 19 heavy (non-hydrogen) atoms. The highest BCUT2D eigenvalue weighted by molar-refractivity contribution is 5.95. The number of nitrogen functional groups attached to an aromatic ring is 1. The summed E-state index contributed by atoms with van der Waals surface area (Å²) < 4.78 is 0. The molecule has 1 aliphatic rings. The van der Waals surface area contributed by atoms with Gasteiger partial charge in [-0.05, 0) is 45.1 Å². The van der Waals surface area contributed by atoms with Crippen LogP contribution in [0, 0.1) is 5.92 Å². The van der Waals surface area contributed by atoms with Crippen LogP contribution in [0.4, 0.5) is 11.4 Å². The molecule has 2 rings (SSSR count). The zero-order valence-corrected chi connectivity index (χ0v) is 12.6. The second kappa shape index (κ2) is 8.25. The van der Waals surface area contributed by atoms with Crippen LogP contribution in [0.1, 0.15) is 12.8 Å². The topological polar surface area (TPSA) is 58.4 Å². The van der Waals surface area contributed by atoms with E-state index in [-0.39, 0.29) is 36.6 Å². The number of rotatable bonds is 2. The fourth-order valence-corrected chi connectivity index (χ4v) is 2.12. The molecule has 4 nitrogen and oxygen atoms in total. The van der Waals surface area contributed by atoms with E-state index in [2.05, 4.69) is 17.3 Å². The van der Waals surface area contributed by atoms with Crippen LogP contribution in [-0.2, 0) is 4.79 Å². The molecular weight excluding hydrogens is 285 g/mol. The van der Waals surface area contributed by atoms with E-state index in [1.807, 2.05) is 18.2 Å². The summed E-state index contributed by atoms with van der Waals surface area (Å²) in [7, 11) is 2.09. The van der Waals surface area contributed by atoms with Crippen LogP contribution in [0.25, 0.3) is 0 Å². The maximum Gasteiger partial charge on any atom is 0.227 e. The van der Waals surface area contributed by atoms with Crippen LogP contribution in [0.15, 0.2) is 24.3 Å². The number of nitrogens with zero attached hydrogens (tertiary/aromatic N) is 1. The summed E-state index contributed by atoms with van der Waals surface area (Å²) in [5, 5.41) is 2.91. The van der Waals surface area contributed by atoms with Gasteiger partial charge < -0.3 is 16.0 Å². The van der Waals surface area contributed by atoms with Crippen molar-refractivity contribution in [3.8, 4) is 0 Å². The second-order valence-corrected chi connectivity index (χ2v) is 4.65. The molecule has 108 valence electrons. The summed E-state index contributed by atoms with van der Waals surface area (Å²) >= 11 is 0. The van der Waals surface area contributed by atoms with Crippen molar-refractivity contribution < 1.29 is 4.79 Å². The van der Waals surface area contributed by atoms with Gasteiger partial charge in [-0.3, -0.25) is 4.79 Å². The molecule has 0 aliphatic carbocycles. The van der Waals surface area contributed by atoms with Crippen LogP contribution in [0.3, 0.4) is 0 Å². The number of halogens is 2. The number of amides is 1. The summed E-state index contributed by atoms with van der Waals surface area (Å²) in [5.41, 5.74) is 7.14. The molecule has 1 heterocycles. The van der Waals surface area contributed by atoms with Crippen molar-refractivity contribution in [1.82, 2.24) is 4.90 Å². The van der Waals surface area contributed by atoms with Crippen LogP contribution in [-0.4, -0.2) is 30.9 Å². The van der Waals surface area contributed by atoms with Gasteiger partial charge in [0.1, 0.15) is 0 Å². The van der Waals surface area contributed by atoms with Crippen molar-refractivity contribution >= 4 is 42.1 Å². The van der Waals surface area contributed by atoms with E-state index >= 15 is 0 Å². The van der Waals surface area contributed by atoms with Gasteiger partial charge in [-0.15, -0.1) is 24.8 Å². The first-order valence-corrected chi connectivity index (χ1v) is 6.00. The first kappa shape index (κ1) is 18.0. The molecule has 0 radical (unpaired) electrons. The van der Waals surface area contributed by atoms with Gasteiger partial charge in [0.2, 0.25) is 5.91 Å². The predicted octanol–water partition coefficient (Wildman–Crippen LogP) is 2.39. The van der Waals surface area contributed by atoms with Crippen molar-refractivity contribution in [3.63, 3.8) is 0 Å². The maximum atomic E-state index is 12.0. The predicted molar refractivity (Wildman–Crippen MR) is 84.2 cm³/mol. The number of hydrogen-bond acceptors (Lipinski definition) is 3. The Kier molecular flexibility index (Phi) is 7.83. The summed E-state index contributed by atoms with van der Waals surface area (Å²) in [6, 6.07) is 7.37. The number of hydrogen-bond donors (Lipinski definition) is 2. The highest BCUT2D eigenvalue weighted by Crippen LogP contribution is 2.21. The number of nitrogens with two attached hydrogens (primary N) is 1. The zero-order chi connectivity index (χ0) is 12.3. The molecule has 0 atom stereocenters. The maximum absolute atomic E-state index is 12.0. The Bertz CT molecular complexity index is 407. The molecule has 1 fully saturated rings. The van der Waals surface area contributed by atoms with Gasteiger partial charge in [-0.25, -0.2) is 0 Å². The van der Waals surface area contributed by atoms with Crippen molar-refractivity contribution in [1.29, 1.82) is 0 Å². The Labute approximate surface area is 126 Å². The Morgan fingerprint density at radius 3 is 2.42 bits per heavy atom. The SMILES string of the molecule is CN1CCC(C(=O)Nc2ccccc2N)CC1.Cl.Cl. The summed E-state index contributed by atoms with van der Waals surface area (Å²) in [6.07, 6.45) is 1.85. The van der Waals surface area contributed by atoms with E-state index in [4.69, 9.17) is 5.73 Å². The lowest BCUT2D eigenvalue weighted by Gasteiger charge is -2.28. The molecule has 1 saturated heterocycles. The standard InChI is InChI=1S/C13H19N3O.2ClH/c1-16-8-6-10(7-9-16)13(17)15-12-5-3-2-4-11(12)14;;/h2-5,10H,6-9,14H2,1H3,(H,15,17);2*1H. The quantitative estimate of drug-likeness (QED) is 0.825. The van der Waals surface area contributed by atoms with Crippen molar-refractivity contribution in [2.24, 2.45) is 5.92 Å². The third-order valence-corrected chi connectivity index (χ3v) is 3.31. The third-order valence-electron chi connectivity index (χ3n) is 3.31.